The highest BCUT2D eigenvalue weighted by molar-refractivity contribution is 5.86. The van der Waals surface area contributed by atoms with Crippen LogP contribution < -0.4 is 5.32 Å². The molecule has 34 heavy (non-hydrogen) atoms. The lowest BCUT2D eigenvalue weighted by Crippen LogP contribution is -2.42. The van der Waals surface area contributed by atoms with Gasteiger partial charge in [-0.3, -0.25) is 14.8 Å². The van der Waals surface area contributed by atoms with Crippen molar-refractivity contribution in [2.24, 2.45) is 0 Å². The molecule has 1 aromatic heterocycles. The van der Waals surface area contributed by atoms with Crippen LogP contribution in [0, 0.1) is 0 Å². The van der Waals surface area contributed by atoms with Gasteiger partial charge in [-0.25, -0.2) is 9.59 Å². The summed E-state index contributed by atoms with van der Waals surface area (Å²) in [6.07, 6.45) is 3.45. The molecule has 1 fully saturated rings. The molecule has 3 aromatic rings. The molecule has 174 valence electrons. The van der Waals surface area contributed by atoms with Crippen molar-refractivity contribution in [2.45, 2.75) is 31.3 Å². The molecule has 1 aliphatic carbocycles. The van der Waals surface area contributed by atoms with Gasteiger partial charge in [0.2, 0.25) is 5.91 Å². The maximum atomic E-state index is 12.5. The number of ether oxygens (including phenoxy) is 1. The molecule has 1 atom stereocenters. The highest BCUT2D eigenvalue weighted by Gasteiger charge is 2.34. The number of fused-ring (bicyclic) bond motifs is 3. The normalized spacial score (nSPS) is 16.7. The number of amides is 2. The summed E-state index contributed by atoms with van der Waals surface area (Å²) >= 11 is 0. The zero-order valence-corrected chi connectivity index (χ0v) is 18.4. The van der Waals surface area contributed by atoms with Gasteiger partial charge in [0, 0.05) is 18.7 Å². The largest absolute Gasteiger partial charge is 0.480 e. The molecule has 9 heteroatoms. The first-order valence-corrected chi connectivity index (χ1v) is 11.2. The molecule has 0 radical (unpaired) electrons. The summed E-state index contributed by atoms with van der Waals surface area (Å²) in [6, 6.07) is 15.4. The zero-order valence-electron chi connectivity index (χ0n) is 18.4. The first-order valence-electron chi connectivity index (χ1n) is 11.2. The quantitative estimate of drug-likeness (QED) is 0.583. The Hall–Kier alpha value is -4.14. The Labute approximate surface area is 195 Å². The lowest BCUT2D eigenvalue weighted by atomic mass is 9.98. The first kappa shape index (κ1) is 21.7. The number of hydrogen-bond acceptors (Lipinski definition) is 5. The zero-order chi connectivity index (χ0) is 23.7. The average molecular weight is 460 g/mol. The van der Waals surface area contributed by atoms with E-state index in [2.05, 4.69) is 34.7 Å². The van der Waals surface area contributed by atoms with E-state index >= 15 is 0 Å². The van der Waals surface area contributed by atoms with Crippen molar-refractivity contribution >= 4 is 23.7 Å². The van der Waals surface area contributed by atoms with Crippen LogP contribution in [0.15, 0.2) is 60.9 Å². The van der Waals surface area contributed by atoms with Crippen molar-refractivity contribution in [3.8, 4) is 11.1 Å². The molecule has 0 saturated carbocycles. The number of nitrogens with one attached hydrogen (secondary N) is 1. The molecule has 5 rings (SSSR count). The van der Waals surface area contributed by atoms with Crippen LogP contribution in [0.1, 0.15) is 29.9 Å². The summed E-state index contributed by atoms with van der Waals surface area (Å²) in [5.74, 6) is -1.36. The number of aromatic nitrogens is 2. The third-order valence-corrected chi connectivity index (χ3v) is 6.38. The minimum Gasteiger partial charge on any atom is -0.480 e. The van der Waals surface area contributed by atoms with Crippen LogP contribution in [0.25, 0.3) is 11.1 Å². The molecular formula is C25H24N4O5. The Balaban J connectivity index is 1.18. The summed E-state index contributed by atoms with van der Waals surface area (Å²) in [7, 11) is 0. The van der Waals surface area contributed by atoms with Gasteiger partial charge in [-0.15, -0.1) is 0 Å². The van der Waals surface area contributed by atoms with Gasteiger partial charge in [-0.2, -0.15) is 5.10 Å². The van der Waals surface area contributed by atoms with E-state index in [1.54, 1.807) is 0 Å². The number of nitrogens with zero attached hydrogens (tertiary/aromatic N) is 3. The second-order valence-electron chi connectivity index (χ2n) is 8.46. The molecule has 2 aromatic carbocycles. The van der Waals surface area contributed by atoms with Gasteiger partial charge < -0.3 is 14.7 Å². The molecule has 2 N–H and O–H groups in total. The lowest BCUT2D eigenvalue weighted by Gasteiger charge is -2.21. The molecular weight excluding hydrogens is 436 g/mol. The molecule has 0 spiro atoms. The number of carboxylic acids is 1. The Morgan fingerprint density at radius 3 is 2.41 bits per heavy atom. The summed E-state index contributed by atoms with van der Waals surface area (Å²) in [5, 5.41) is 16.0. The monoisotopic (exact) mass is 460 g/mol. The smallest absolute Gasteiger partial charge is 0.411 e. The number of rotatable bonds is 6. The van der Waals surface area contributed by atoms with Gasteiger partial charge in [0.25, 0.3) is 0 Å². The minimum absolute atomic E-state index is 0.0406. The van der Waals surface area contributed by atoms with Gasteiger partial charge in [-0.1, -0.05) is 48.5 Å². The van der Waals surface area contributed by atoms with Gasteiger partial charge in [0.15, 0.2) is 0 Å². The summed E-state index contributed by atoms with van der Waals surface area (Å²) < 4.78 is 6.90. The van der Waals surface area contributed by atoms with Crippen LogP contribution in [0.3, 0.4) is 0 Å². The van der Waals surface area contributed by atoms with E-state index in [-0.39, 0.29) is 25.0 Å². The van der Waals surface area contributed by atoms with Crippen LogP contribution in [-0.2, 0) is 20.9 Å². The van der Waals surface area contributed by atoms with E-state index < -0.39 is 18.1 Å². The fourth-order valence-corrected chi connectivity index (χ4v) is 4.82. The van der Waals surface area contributed by atoms with E-state index in [1.807, 2.05) is 24.3 Å². The van der Waals surface area contributed by atoms with Gasteiger partial charge in [-0.05, 0) is 35.1 Å². The summed E-state index contributed by atoms with van der Waals surface area (Å²) in [5.41, 5.74) is 4.96. The Morgan fingerprint density at radius 2 is 1.74 bits per heavy atom. The number of carboxylic acid groups (broad SMARTS) is 1. The van der Waals surface area contributed by atoms with E-state index in [9.17, 15) is 19.5 Å². The number of carbonyl (C=O) groups excluding carboxylic acids is 2. The number of aliphatic carboxylic acids is 1. The van der Waals surface area contributed by atoms with Crippen LogP contribution >= 0.6 is 0 Å². The fraction of sp³-hybridized carbons (Fsp3) is 0.280. The van der Waals surface area contributed by atoms with Crippen molar-refractivity contribution in [3.63, 3.8) is 0 Å². The Kier molecular flexibility index (Phi) is 5.75. The maximum absolute atomic E-state index is 12.5. The molecule has 9 nitrogen and oxygen atoms in total. The van der Waals surface area contributed by atoms with Crippen LogP contribution in [-0.4, -0.2) is 57.0 Å². The van der Waals surface area contributed by atoms with Crippen molar-refractivity contribution < 1.29 is 24.2 Å². The topological polar surface area (TPSA) is 114 Å². The second-order valence-corrected chi connectivity index (χ2v) is 8.46. The highest BCUT2D eigenvalue weighted by atomic mass is 16.5. The van der Waals surface area contributed by atoms with Crippen molar-refractivity contribution in [3.05, 3.63) is 72.1 Å². The number of anilines is 1. The van der Waals surface area contributed by atoms with Crippen LogP contribution in [0.2, 0.25) is 0 Å². The average Bonchev–Trinajstić information content (AvgIpc) is 3.56. The molecule has 1 saturated heterocycles. The minimum atomic E-state index is -0.996. The molecule has 0 bridgehead atoms. The molecule has 2 aliphatic rings. The number of hydrogen-bond donors (Lipinski definition) is 2. The molecule has 2 heterocycles. The molecule has 2 amide bonds. The molecule has 1 aliphatic heterocycles. The third-order valence-electron chi connectivity index (χ3n) is 6.38. The van der Waals surface area contributed by atoms with E-state index in [0.717, 1.165) is 22.3 Å². The standard InChI is InChI=1S/C25H24N4O5/c30-23(29-11-5-10-22(29)24(31)32)14-28-13-16(12-26-28)27-25(33)34-15-21-19-8-3-1-6-17(19)18-7-2-4-9-20(18)21/h1-4,6-9,12-13,21-22H,5,10-11,14-15H2,(H,27,33)(H,31,32). The third kappa shape index (κ3) is 4.12. The van der Waals surface area contributed by atoms with Crippen molar-refractivity contribution in [1.82, 2.24) is 14.7 Å². The lowest BCUT2D eigenvalue weighted by molar-refractivity contribution is -0.148. The maximum Gasteiger partial charge on any atom is 0.411 e. The van der Waals surface area contributed by atoms with E-state index in [4.69, 9.17) is 4.74 Å². The van der Waals surface area contributed by atoms with Crippen molar-refractivity contribution in [2.75, 3.05) is 18.5 Å². The Bertz CT molecular complexity index is 1210. The predicted octanol–water partition coefficient (Wildman–Crippen LogP) is 3.32. The summed E-state index contributed by atoms with van der Waals surface area (Å²) in [4.78, 5) is 37.6. The molecule has 1 unspecified atom stereocenters. The SMILES string of the molecule is O=C(Nc1cnn(CC(=O)N2CCCC2C(=O)O)c1)OCC1c2ccccc2-c2ccccc21. The second kappa shape index (κ2) is 9.01. The predicted molar refractivity (Wildman–Crippen MR) is 123 cm³/mol. The summed E-state index contributed by atoms with van der Waals surface area (Å²) in [6.45, 7) is 0.510. The van der Waals surface area contributed by atoms with E-state index in [0.29, 0.717) is 25.1 Å². The van der Waals surface area contributed by atoms with Crippen molar-refractivity contribution in [1.29, 1.82) is 0 Å². The highest BCUT2D eigenvalue weighted by Crippen LogP contribution is 2.44. The Morgan fingerprint density at radius 1 is 1.06 bits per heavy atom. The number of carbonyl (C=O) groups is 3. The van der Waals surface area contributed by atoms with Gasteiger partial charge in [0.1, 0.15) is 19.2 Å². The first-order chi connectivity index (χ1) is 16.5. The van der Waals surface area contributed by atoms with Gasteiger partial charge in [0.05, 0.1) is 11.9 Å². The fourth-order valence-electron chi connectivity index (χ4n) is 4.82. The number of likely N-dealkylation sites (tertiary alicyclic amines) is 1. The number of benzene rings is 2. The van der Waals surface area contributed by atoms with Gasteiger partial charge >= 0.3 is 12.1 Å². The van der Waals surface area contributed by atoms with E-state index in [1.165, 1.54) is 22.0 Å². The van der Waals surface area contributed by atoms with Crippen LogP contribution in [0.5, 0.6) is 0 Å². The van der Waals surface area contributed by atoms with Crippen LogP contribution in [0.4, 0.5) is 10.5 Å².